The predicted octanol–water partition coefficient (Wildman–Crippen LogP) is 4.82. The summed E-state index contributed by atoms with van der Waals surface area (Å²) in [4.78, 5) is 0. The first-order chi connectivity index (χ1) is 10.9. The molecule has 0 unspecified atom stereocenters. The second-order valence-electron chi connectivity index (χ2n) is 5.12. The van der Waals surface area contributed by atoms with Crippen molar-refractivity contribution in [3.63, 3.8) is 0 Å². The summed E-state index contributed by atoms with van der Waals surface area (Å²) >= 11 is 0. The Balaban J connectivity index is 1.75. The third-order valence-corrected chi connectivity index (χ3v) is 3.52. The van der Waals surface area contributed by atoms with Crippen LogP contribution < -0.4 is 5.32 Å². The number of hydrogen-bond donors (Lipinski definition) is 1. The molecule has 0 saturated heterocycles. The van der Waals surface area contributed by atoms with Gasteiger partial charge in [0.2, 0.25) is 0 Å². The van der Waals surface area contributed by atoms with Crippen molar-refractivity contribution in [1.82, 2.24) is 5.32 Å². The fraction of sp³-hybridized carbons (Fsp3) is 0.100. The van der Waals surface area contributed by atoms with Crippen molar-refractivity contribution >= 4 is 6.08 Å². The molecule has 1 heterocycles. The van der Waals surface area contributed by atoms with E-state index in [4.69, 9.17) is 4.42 Å². The molecule has 1 N–H and O–H groups in total. The second-order valence-corrected chi connectivity index (χ2v) is 5.12. The summed E-state index contributed by atoms with van der Waals surface area (Å²) in [7, 11) is 0. The highest BCUT2D eigenvalue weighted by Crippen LogP contribution is 2.17. The fourth-order valence-corrected chi connectivity index (χ4v) is 2.35. The highest BCUT2D eigenvalue weighted by molar-refractivity contribution is 5.50. The summed E-state index contributed by atoms with van der Waals surface area (Å²) in [5, 5.41) is 3.53. The molecule has 0 radical (unpaired) electrons. The molecule has 0 aliphatic carbocycles. The molecule has 0 amide bonds. The lowest BCUT2D eigenvalue weighted by molar-refractivity contribution is 0.471. The SMILES string of the molecule is C(=C\[C@@H](NCc1ccco1)c1ccccc1)/c1ccccc1. The minimum absolute atomic E-state index is 0.145. The zero-order chi connectivity index (χ0) is 15.0. The molecule has 1 atom stereocenters. The standard InChI is InChI=1S/C20H19NO/c1-3-8-17(9-4-1)13-14-20(18-10-5-2-6-11-18)21-16-19-12-7-15-22-19/h1-15,20-21H,16H2/b14-13+/t20-/m1/s1. The molecule has 22 heavy (non-hydrogen) atoms. The van der Waals surface area contributed by atoms with Crippen LogP contribution in [0.3, 0.4) is 0 Å². The van der Waals surface area contributed by atoms with E-state index in [2.05, 4.69) is 53.9 Å². The Labute approximate surface area is 131 Å². The Hall–Kier alpha value is -2.58. The van der Waals surface area contributed by atoms with Crippen LogP contribution in [0.2, 0.25) is 0 Å². The molecule has 2 aromatic carbocycles. The highest BCUT2D eigenvalue weighted by atomic mass is 16.3. The van der Waals surface area contributed by atoms with Crippen LogP contribution in [0.4, 0.5) is 0 Å². The number of furan rings is 1. The average molecular weight is 289 g/mol. The normalized spacial score (nSPS) is 12.5. The molecule has 2 heteroatoms. The summed E-state index contributed by atoms with van der Waals surface area (Å²) in [5.74, 6) is 0.939. The van der Waals surface area contributed by atoms with E-state index in [1.165, 1.54) is 11.1 Å². The number of hydrogen-bond acceptors (Lipinski definition) is 2. The van der Waals surface area contributed by atoms with E-state index in [9.17, 15) is 0 Å². The lowest BCUT2D eigenvalue weighted by atomic mass is 10.0. The van der Waals surface area contributed by atoms with Gasteiger partial charge in [-0.2, -0.15) is 0 Å². The summed E-state index contributed by atoms with van der Waals surface area (Å²) in [6.45, 7) is 0.700. The van der Waals surface area contributed by atoms with Gasteiger partial charge in [-0.1, -0.05) is 72.8 Å². The van der Waals surface area contributed by atoms with Crippen LogP contribution in [-0.4, -0.2) is 0 Å². The lowest BCUT2D eigenvalue weighted by Crippen LogP contribution is -2.18. The average Bonchev–Trinajstić information content (AvgIpc) is 3.10. The topological polar surface area (TPSA) is 25.2 Å². The molecule has 0 bridgehead atoms. The van der Waals surface area contributed by atoms with Crippen LogP contribution in [0.5, 0.6) is 0 Å². The Morgan fingerprint density at radius 3 is 2.27 bits per heavy atom. The van der Waals surface area contributed by atoms with Crippen molar-refractivity contribution in [2.75, 3.05) is 0 Å². The van der Waals surface area contributed by atoms with Gasteiger partial charge in [-0.15, -0.1) is 0 Å². The van der Waals surface area contributed by atoms with Gasteiger partial charge in [0, 0.05) is 0 Å². The van der Waals surface area contributed by atoms with Crippen molar-refractivity contribution < 1.29 is 4.42 Å². The Kier molecular flexibility index (Phi) is 4.85. The Morgan fingerprint density at radius 2 is 1.59 bits per heavy atom. The molecule has 3 rings (SSSR count). The van der Waals surface area contributed by atoms with Crippen LogP contribution in [0, 0.1) is 0 Å². The second kappa shape index (κ2) is 7.43. The molecule has 0 fully saturated rings. The maximum Gasteiger partial charge on any atom is 0.117 e. The maximum atomic E-state index is 5.40. The number of nitrogens with one attached hydrogen (secondary N) is 1. The van der Waals surface area contributed by atoms with Crippen LogP contribution in [0.1, 0.15) is 22.9 Å². The van der Waals surface area contributed by atoms with Crippen molar-refractivity contribution in [2.24, 2.45) is 0 Å². The van der Waals surface area contributed by atoms with Crippen molar-refractivity contribution in [3.8, 4) is 0 Å². The minimum atomic E-state index is 0.145. The smallest absolute Gasteiger partial charge is 0.117 e. The molecular weight excluding hydrogens is 270 g/mol. The lowest BCUT2D eigenvalue weighted by Gasteiger charge is -2.15. The molecule has 3 aromatic rings. The zero-order valence-electron chi connectivity index (χ0n) is 12.4. The first kappa shape index (κ1) is 14.4. The minimum Gasteiger partial charge on any atom is -0.468 e. The highest BCUT2D eigenvalue weighted by Gasteiger charge is 2.07. The van der Waals surface area contributed by atoms with E-state index in [0.29, 0.717) is 6.54 Å². The van der Waals surface area contributed by atoms with Gasteiger partial charge in [0.05, 0.1) is 18.8 Å². The Bertz CT molecular complexity index is 687. The maximum absolute atomic E-state index is 5.40. The third-order valence-electron chi connectivity index (χ3n) is 3.52. The molecule has 0 saturated carbocycles. The molecule has 1 aromatic heterocycles. The van der Waals surface area contributed by atoms with Crippen LogP contribution in [0.15, 0.2) is 89.6 Å². The summed E-state index contributed by atoms with van der Waals surface area (Å²) in [6, 6.07) is 24.8. The zero-order valence-corrected chi connectivity index (χ0v) is 12.4. The van der Waals surface area contributed by atoms with Crippen molar-refractivity contribution in [3.05, 3.63) is 102 Å². The van der Waals surface area contributed by atoms with Crippen LogP contribution >= 0.6 is 0 Å². The van der Waals surface area contributed by atoms with E-state index in [-0.39, 0.29) is 6.04 Å². The van der Waals surface area contributed by atoms with E-state index in [1.807, 2.05) is 36.4 Å². The Morgan fingerprint density at radius 1 is 0.864 bits per heavy atom. The van der Waals surface area contributed by atoms with Gasteiger partial charge in [-0.25, -0.2) is 0 Å². The largest absolute Gasteiger partial charge is 0.468 e. The molecule has 0 spiro atoms. The fourth-order valence-electron chi connectivity index (χ4n) is 2.35. The molecule has 110 valence electrons. The summed E-state index contributed by atoms with van der Waals surface area (Å²) in [6.07, 6.45) is 6.04. The summed E-state index contributed by atoms with van der Waals surface area (Å²) in [5.41, 5.74) is 2.43. The van der Waals surface area contributed by atoms with Gasteiger partial charge < -0.3 is 4.42 Å². The van der Waals surface area contributed by atoms with Gasteiger partial charge in [0.15, 0.2) is 0 Å². The first-order valence-electron chi connectivity index (χ1n) is 7.46. The van der Waals surface area contributed by atoms with Crippen LogP contribution in [0.25, 0.3) is 6.08 Å². The molecular formula is C20H19NO. The molecule has 0 aliphatic rings. The quantitative estimate of drug-likeness (QED) is 0.703. The van der Waals surface area contributed by atoms with Gasteiger partial charge in [0.1, 0.15) is 5.76 Å². The number of benzene rings is 2. The van der Waals surface area contributed by atoms with Gasteiger partial charge in [-0.05, 0) is 23.3 Å². The summed E-state index contributed by atoms with van der Waals surface area (Å²) < 4.78 is 5.40. The predicted molar refractivity (Wildman–Crippen MR) is 90.2 cm³/mol. The molecule has 2 nitrogen and oxygen atoms in total. The van der Waals surface area contributed by atoms with E-state index in [0.717, 1.165) is 5.76 Å². The van der Waals surface area contributed by atoms with Crippen molar-refractivity contribution in [2.45, 2.75) is 12.6 Å². The van der Waals surface area contributed by atoms with E-state index >= 15 is 0 Å². The van der Waals surface area contributed by atoms with E-state index in [1.54, 1.807) is 6.26 Å². The number of rotatable bonds is 6. The first-order valence-corrected chi connectivity index (χ1v) is 7.46. The van der Waals surface area contributed by atoms with Crippen molar-refractivity contribution in [1.29, 1.82) is 0 Å². The van der Waals surface area contributed by atoms with Gasteiger partial charge in [0.25, 0.3) is 0 Å². The third kappa shape index (κ3) is 3.96. The molecule has 0 aliphatic heterocycles. The van der Waals surface area contributed by atoms with Crippen LogP contribution in [-0.2, 0) is 6.54 Å². The van der Waals surface area contributed by atoms with Gasteiger partial charge in [-0.3, -0.25) is 5.32 Å². The van der Waals surface area contributed by atoms with E-state index < -0.39 is 0 Å². The monoisotopic (exact) mass is 289 g/mol. The van der Waals surface area contributed by atoms with Gasteiger partial charge >= 0.3 is 0 Å².